The van der Waals surface area contributed by atoms with Gasteiger partial charge in [-0.1, -0.05) is 91.0 Å². The van der Waals surface area contributed by atoms with Gasteiger partial charge in [0.2, 0.25) is 0 Å². The van der Waals surface area contributed by atoms with Crippen molar-refractivity contribution < 1.29 is 32.6 Å². The molecular formula is C27H28F3NO4. The number of hydrogen-bond donors (Lipinski definition) is 1. The second-order valence-corrected chi connectivity index (χ2v) is 8.46. The predicted octanol–water partition coefficient (Wildman–Crippen LogP) is 5.38. The lowest BCUT2D eigenvalue weighted by atomic mass is 10.1. The average molecular weight is 488 g/mol. The van der Waals surface area contributed by atoms with E-state index >= 15 is 0 Å². The third-order valence-electron chi connectivity index (χ3n) is 5.95. The van der Waals surface area contributed by atoms with Crippen molar-refractivity contribution in [3.63, 3.8) is 0 Å². The summed E-state index contributed by atoms with van der Waals surface area (Å²) in [6, 6.07) is 24.1. The van der Waals surface area contributed by atoms with Gasteiger partial charge in [0, 0.05) is 0 Å². The van der Waals surface area contributed by atoms with Crippen LogP contribution in [-0.2, 0) is 34.0 Å². The maximum Gasteiger partial charge on any atom is 0.408 e. The Kier molecular flexibility index (Phi) is 8.54. The molecule has 4 rings (SSSR count). The topological polar surface area (TPSA) is 51.2 Å². The quantitative estimate of drug-likeness (QED) is 0.416. The highest BCUT2D eigenvalue weighted by Gasteiger charge is 2.61. The molecule has 0 unspecified atom stereocenters. The third kappa shape index (κ3) is 6.68. The largest absolute Gasteiger partial charge is 0.408 e. The maximum absolute atomic E-state index is 14.1. The molecular weight excluding hydrogens is 459 g/mol. The summed E-state index contributed by atoms with van der Waals surface area (Å²) in [6.45, 7) is 0.0600. The highest BCUT2D eigenvalue weighted by atomic mass is 19.4. The van der Waals surface area contributed by atoms with Crippen LogP contribution in [0.25, 0.3) is 0 Å². The van der Waals surface area contributed by atoms with Crippen LogP contribution in [0.15, 0.2) is 91.0 Å². The number of alkyl halides is 3. The zero-order chi connectivity index (χ0) is 24.7. The summed E-state index contributed by atoms with van der Waals surface area (Å²) in [4.78, 5) is 0. The van der Waals surface area contributed by atoms with Gasteiger partial charge < -0.3 is 19.4 Å². The number of rotatable bonds is 10. The molecule has 186 valence electrons. The predicted molar refractivity (Wildman–Crippen MR) is 123 cm³/mol. The molecule has 1 heterocycles. The van der Waals surface area contributed by atoms with Crippen molar-refractivity contribution in [2.75, 3.05) is 6.61 Å². The van der Waals surface area contributed by atoms with E-state index in [9.17, 15) is 18.4 Å². The van der Waals surface area contributed by atoms with Crippen molar-refractivity contribution in [3.05, 3.63) is 108 Å². The van der Waals surface area contributed by atoms with Gasteiger partial charge in [-0.15, -0.1) is 0 Å². The Balaban J connectivity index is 1.54. The van der Waals surface area contributed by atoms with E-state index in [1.165, 1.54) is 0 Å². The highest BCUT2D eigenvalue weighted by Crippen LogP contribution is 2.39. The van der Waals surface area contributed by atoms with E-state index in [0.717, 1.165) is 16.7 Å². The fourth-order valence-electron chi connectivity index (χ4n) is 4.21. The van der Waals surface area contributed by atoms with Crippen LogP contribution in [0.2, 0.25) is 0 Å². The smallest absolute Gasteiger partial charge is 0.375 e. The Labute approximate surface area is 202 Å². The second kappa shape index (κ2) is 11.8. The molecule has 35 heavy (non-hydrogen) atoms. The second-order valence-electron chi connectivity index (χ2n) is 8.46. The standard InChI is InChI=1S/C27H28F3NO4/c28-27(29,30)26-25(35-18-22-14-8-3-9-15-22)24(34-17-21-12-6-2-7-13-21)23(31(26)32)19-33-16-20-10-4-1-5-11-20/h1-15,23-26,32H,16-19H2/t23-,24+,25+,26+/m0/s1. The number of hydroxylamine groups is 2. The molecule has 0 amide bonds. The summed E-state index contributed by atoms with van der Waals surface area (Å²) in [5.41, 5.74) is 2.41. The van der Waals surface area contributed by atoms with Crippen molar-refractivity contribution in [2.45, 2.75) is 50.3 Å². The van der Waals surface area contributed by atoms with E-state index < -0.39 is 30.5 Å². The normalized spacial score (nSPS) is 23.0. The van der Waals surface area contributed by atoms with Gasteiger partial charge in [0.1, 0.15) is 12.2 Å². The zero-order valence-corrected chi connectivity index (χ0v) is 19.1. The molecule has 3 aromatic rings. The number of halogens is 3. The molecule has 5 nitrogen and oxygen atoms in total. The molecule has 0 aliphatic carbocycles. The van der Waals surface area contributed by atoms with E-state index in [0.29, 0.717) is 5.06 Å². The molecule has 3 aromatic carbocycles. The van der Waals surface area contributed by atoms with Crippen molar-refractivity contribution >= 4 is 0 Å². The molecule has 0 spiro atoms. The van der Waals surface area contributed by atoms with Crippen LogP contribution in [0.5, 0.6) is 0 Å². The van der Waals surface area contributed by atoms with Gasteiger partial charge in [-0.25, -0.2) is 0 Å². The number of benzene rings is 3. The molecule has 1 aliphatic heterocycles. The van der Waals surface area contributed by atoms with Crippen LogP contribution in [-0.4, -0.2) is 47.3 Å². The van der Waals surface area contributed by atoms with Gasteiger partial charge in [0.05, 0.1) is 32.5 Å². The van der Waals surface area contributed by atoms with Crippen molar-refractivity contribution in [3.8, 4) is 0 Å². The lowest BCUT2D eigenvalue weighted by Gasteiger charge is -2.27. The fraction of sp³-hybridized carbons (Fsp3) is 0.333. The first-order chi connectivity index (χ1) is 16.9. The third-order valence-corrected chi connectivity index (χ3v) is 5.95. The maximum atomic E-state index is 14.1. The van der Waals surface area contributed by atoms with Gasteiger partial charge in [-0.2, -0.15) is 18.2 Å². The monoisotopic (exact) mass is 487 g/mol. The fourth-order valence-corrected chi connectivity index (χ4v) is 4.21. The highest BCUT2D eigenvalue weighted by molar-refractivity contribution is 5.16. The molecule has 8 heteroatoms. The SMILES string of the molecule is ON1[C@@H](COCc2ccccc2)[C@@H](OCc2ccccc2)[C@@H](OCc2ccccc2)[C@@H]1C(F)(F)F. The minimum atomic E-state index is -4.74. The first-order valence-corrected chi connectivity index (χ1v) is 11.4. The Bertz CT molecular complexity index is 1020. The van der Waals surface area contributed by atoms with Gasteiger partial charge in [0.25, 0.3) is 0 Å². The summed E-state index contributed by atoms with van der Waals surface area (Å²) in [5, 5.41) is 11.0. The molecule has 0 saturated carbocycles. The van der Waals surface area contributed by atoms with Crippen molar-refractivity contribution in [1.82, 2.24) is 5.06 Å². The summed E-state index contributed by atoms with van der Waals surface area (Å²) in [6.07, 6.45) is -7.26. The summed E-state index contributed by atoms with van der Waals surface area (Å²) in [7, 11) is 0. The molecule has 1 saturated heterocycles. The van der Waals surface area contributed by atoms with Crippen LogP contribution >= 0.6 is 0 Å². The van der Waals surface area contributed by atoms with Crippen LogP contribution in [0, 0.1) is 0 Å². The first kappa shape index (κ1) is 25.3. The van der Waals surface area contributed by atoms with E-state index in [2.05, 4.69) is 0 Å². The first-order valence-electron chi connectivity index (χ1n) is 11.4. The number of ether oxygens (including phenoxy) is 3. The molecule has 1 N–H and O–H groups in total. The minimum absolute atomic E-state index is 0.0469. The van der Waals surface area contributed by atoms with Gasteiger partial charge in [-0.05, 0) is 16.7 Å². The van der Waals surface area contributed by atoms with Gasteiger partial charge in [-0.3, -0.25) is 0 Å². The van der Waals surface area contributed by atoms with Crippen LogP contribution in [0.3, 0.4) is 0 Å². The molecule has 1 aliphatic rings. The van der Waals surface area contributed by atoms with Crippen molar-refractivity contribution in [2.24, 2.45) is 0 Å². The van der Waals surface area contributed by atoms with E-state index in [1.807, 2.05) is 66.7 Å². The molecule has 1 fully saturated rings. The van der Waals surface area contributed by atoms with E-state index in [4.69, 9.17) is 14.2 Å². The van der Waals surface area contributed by atoms with Crippen LogP contribution < -0.4 is 0 Å². The number of nitrogens with zero attached hydrogens (tertiary/aromatic N) is 1. The van der Waals surface area contributed by atoms with Crippen LogP contribution in [0.1, 0.15) is 16.7 Å². The lowest BCUT2D eigenvalue weighted by molar-refractivity contribution is -0.267. The van der Waals surface area contributed by atoms with Gasteiger partial charge >= 0.3 is 6.18 Å². The minimum Gasteiger partial charge on any atom is -0.375 e. The van der Waals surface area contributed by atoms with Crippen LogP contribution in [0.4, 0.5) is 13.2 Å². The summed E-state index contributed by atoms with van der Waals surface area (Å²) < 4.78 is 59.8. The number of hydrogen-bond acceptors (Lipinski definition) is 5. The molecule has 0 aromatic heterocycles. The zero-order valence-electron chi connectivity index (χ0n) is 19.1. The molecule has 4 atom stereocenters. The van der Waals surface area contributed by atoms with Gasteiger partial charge in [0.15, 0.2) is 6.04 Å². The van der Waals surface area contributed by atoms with Crippen molar-refractivity contribution in [1.29, 1.82) is 0 Å². The Morgan fingerprint density at radius 1 is 0.657 bits per heavy atom. The molecule has 0 radical (unpaired) electrons. The van der Waals surface area contributed by atoms with E-state index in [-0.39, 0.29) is 26.4 Å². The molecule has 0 bridgehead atoms. The lowest BCUT2D eigenvalue weighted by Crippen LogP contribution is -2.48. The Morgan fingerprint density at radius 3 is 1.54 bits per heavy atom. The Morgan fingerprint density at radius 2 is 1.09 bits per heavy atom. The Hall–Kier alpha value is -2.75. The van der Waals surface area contributed by atoms with E-state index in [1.54, 1.807) is 24.3 Å². The average Bonchev–Trinajstić information content (AvgIpc) is 3.14. The summed E-state index contributed by atoms with van der Waals surface area (Å²) in [5.74, 6) is 0. The summed E-state index contributed by atoms with van der Waals surface area (Å²) >= 11 is 0.